The smallest absolute Gasteiger partial charge is 0.234 e. The van der Waals surface area contributed by atoms with Gasteiger partial charge in [0.05, 0.1) is 13.1 Å². The van der Waals surface area contributed by atoms with Crippen molar-refractivity contribution in [2.45, 2.75) is 31.7 Å². The zero-order valence-electron chi connectivity index (χ0n) is 11.4. The highest BCUT2D eigenvalue weighted by Crippen LogP contribution is 2.27. The number of rotatable bonds is 7. The van der Waals surface area contributed by atoms with Gasteiger partial charge in [-0.1, -0.05) is 0 Å². The molecule has 1 saturated carbocycles. The van der Waals surface area contributed by atoms with E-state index >= 15 is 0 Å². The SMILES string of the molecule is NC(=O)CN1CCC(NC(=O)CNCC2CC2)CC1. The van der Waals surface area contributed by atoms with Crippen LogP contribution in [0, 0.1) is 5.92 Å². The fourth-order valence-electron chi connectivity index (χ4n) is 2.45. The number of primary amides is 1. The molecule has 0 aromatic rings. The highest BCUT2D eigenvalue weighted by Gasteiger charge is 2.22. The molecular weight excluding hydrogens is 244 g/mol. The van der Waals surface area contributed by atoms with Crippen LogP contribution in [0.3, 0.4) is 0 Å². The van der Waals surface area contributed by atoms with Gasteiger partial charge in [-0.3, -0.25) is 14.5 Å². The average molecular weight is 268 g/mol. The summed E-state index contributed by atoms with van der Waals surface area (Å²) in [5, 5.41) is 6.23. The Labute approximate surface area is 114 Å². The highest BCUT2D eigenvalue weighted by molar-refractivity contribution is 5.78. The van der Waals surface area contributed by atoms with Crippen LogP contribution >= 0.6 is 0 Å². The maximum absolute atomic E-state index is 11.7. The molecule has 1 heterocycles. The average Bonchev–Trinajstić information content (AvgIpc) is 3.15. The fourth-order valence-corrected chi connectivity index (χ4v) is 2.45. The van der Waals surface area contributed by atoms with E-state index in [9.17, 15) is 9.59 Å². The zero-order valence-corrected chi connectivity index (χ0v) is 11.4. The van der Waals surface area contributed by atoms with Gasteiger partial charge in [0, 0.05) is 19.1 Å². The van der Waals surface area contributed by atoms with Gasteiger partial charge in [-0.15, -0.1) is 0 Å². The van der Waals surface area contributed by atoms with E-state index in [1.165, 1.54) is 12.8 Å². The van der Waals surface area contributed by atoms with Crippen molar-refractivity contribution in [2.75, 3.05) is 32.7 Å². The molecule has 1 aliphatic carbocycles. The Morgan fingerprint density at radius 3 is 2.42 bits per heavy atom. The van der Waals surface area contributed by atoms with Crippen molar-refractivity contribution in [3.05, 3.63) is 0 Å². The lowest BCUT2D eigenvalue weighted by atomic mass is 10.1. The molecular formula is C13H24N4O2. The molecule has 2 rings (SSSR count). The number of carbonyl (C=O) groups excluding carboxylic acids is 2. The topological polar surface area (TPSA) is 87.5 Å². The Bertz CT molecular complexity index is 323. The van der Waals surface area contributed by atoms with Crippen molar-refractivity contribution in [1.82, 2.24) is 15.5 Å². The summed E-state index contributed by atoms with van der Waals surface area (Å²) in [5.41, 5.74) is 5.16. The fraction of sp³-hybridized carbons (Fsp3) is 0.846. The molecule has 0 spiro atoms. The van der Waals surface area contributed by atoms with E-state index in [1.54, 1.807) is 0 Å². The molecule has 6 heteroatoms. The minimum atomic E-state index is -0.285. The number of hydrogen-bond donors (Lipinski definition) is 3. The van der Waals surface area contributed by atoms with Gasteiger partial charge in [0.25, 0.3) is 0 Å². The molecule has 19 heavy (non-hydrogen) atoms. The molecule has 0 atom stereocenters. The van der Waals surface area contributed by atoms with Crippen LogP contribution in [-0.4, -0.2) is 55.5 Å². The van der Waals surface area contributed by atoms with Gasteiger partial charge in [0.2, 0.25) is 11.8 Å². The lowest BCUT2D eigenvalue weighted by Crippen LogP contribution is -2.48. The first-order chi connectivity index (χ1) is 9.13. The molecule has 0 aromatic heterocycles. The van der Waals surface area contributed by atoms with E-state index in [0.717, 1.165) is 38.4 Å². The maximum atomic E-state index is 11.7. The quantitative estimate of drug-likeness (QED) is 0.556. The molecule has 0 radical (unpaired) electrons. The van der Waals surface area contributed by atoms with Gasteiger partial charge in [0.1, 0.15) is 0 Å². The Balaban J connectivity index is 1.56. The standard InChI is InChI=1S/C13H24N4O2/c14-12(18)9-17-5-3-11(4-6-17)16-13(19)8-15-7-10-1-2-10/h10-11,15H,1-9H2,(H2,14,18)(H,16,19). The lowest BCUT2D eigenvalue weighted by Gasteiger charge is -2.31. The van der Waals surface area contributed by atoms with Gasteiger partial charge < -0.3 is 16.4 Å². The lowest BCUT2D eigenvalue weighted by molar-refractivity contribution is -0.122. The monoisotopic (exact) mass is 268 g/mol. The van der Waals surface area contributed by atoms with Gasteiger partial charge in [-0.2, -0.15) is 0 Å². The third kappa shape index (κ3) is 5.57. The number of carbonyl (C=O) groups is 2. The number of nitrogens with two attached hydrogens (primary N) is 1. The molecule has 2 amide bonds. The van der Waals surface area contributed by atoms with Crippen molar-refractivity contribution in [3.8, 4) is 0 Å². The zero-order chi connectivity index (χ0) is 13.7. The number of piperidine rings is 1. The number of nitrogens with one attached hydrogen (secondary N) is 2. The third-order valence-corrected chi connectivity index (χ3v) is 3.75. The first-order valence-electron chi connectivity index (χ1n) is 7.14. The van der Waals surface area contributed by atoms with Crippen molar-refractivity contribution < 1.29 is 9.59 Å². The van der Waals surface area contributed by atoms with Crippen LogP contribution in [-0.2, 0) is 9.59 Å². The van der Waals surface area contributed by atoms with E-state index in [-0.39, 0.29) is 17.9 Å². The molecule has 1 aliphatic heterocycles. The number of nitrogens with zero attached hydrogens (tertiary/aromatic N) is 1. The molecule has 2 fully saturated rings. The summed E-state index contributed by atoms with van der Waals surface area (Å²) in [6.45, 7) is 3.35. The molecule has 0 aromatic carbocycles. The number of amides is 2. The molecule has 6 nitrogen and oxygen atoms in total. The molecule has 0 bridgehead atoms. The van der Waals surface area contributed by atoms with E-state index in [4.69, 9.17) is 5.73 Å². The normalized spacial score (nSPS) is 21.3. The predicted molar refractivity (Wildman–Crippen MR) is 72.4 cm³/mol. The first-order valence-corrected chi connectivity index (χ1v) is 7.14. The van der Waals surface area contributed by atoms with E-state index in [1.807, 2.05) is 4.90 Å². The summed E-state index contributed by atoms with van der Waals surface area (Å²) in [7, 11) is 0. The van der Waals surface area contributed by atoms with Gasteiger partial charge in [-0.05, 0) is 38.1 Å². The summed E-state index contributed by atoms with van der Waals surface area (Å²) in [5.74, 6) is 0.589. The van der Waals surface area contributed by atoms with Crippen LogP contribution in [0.5, 0.6) is 0 Å². The summed E-state index contributed by atoms with van der Waals surface area (Å²) in [6, 6.07) is 0.236. The van der Waals surface area contributed by atoms with Crippen LogP contribution in [0.15, 0.2) is 0 Å². The van der Waals surface area contributed by atoms with Gasteiger partial charge in [0.15, 0.2) is 0 Å². The van der Waals surface area contributed by atoms with Crippen LogP contribution in [0.25, 0.3) is 0 Å². The second-order valence-corrected chi connectivity index (χ2v) is 5.66. The largest absolute Gasteiger partial charge is 0.369 e. The highest BCUT2D eigenvalue weighted by atomic mass is 16.2. The molecule has 4 N–H and O–H groups in total. The van der Waals surface area contributed by atoms with Crippen LogP contribution in [0.2, 0.25) is 0 Å². The second kappa shape index (κ2) is 6.86. The second-order valence-electron chi connectivity index (χ2n) is 5.66. The van der Waals surface area contributed by atoms with E-state index < -0.39 is 0 Å². The van der Waals surface area contributed by atoms with Crippen molar-refractivity contribution in [3.63, 3.8) is 0 Å². The first kappa shape index (κ1) is 14.3. The third-order valence-electron chi connectivity index (χ3n) is 3.75. The molecule has 108 valence electrons. The molecule has 1 saturated heterocycles. The van der Waals surface area contributed by atoms with Gasteiger partial charge >= 0.3 is 0 Å². The van der Waals surface area contributed by atoms with Crippen molar-refractivity contribution in [2.24, 2.45) is 11.7 Å². The summed E-state index contributed by atoms with van der Waals surface area (Å²) in [6.07, 6.45) is 4.38. The van der Waals surface area contributed by atoms with Crippen molar-refractivity contribution >= 4 is 11.8 Å². The molecule has 0 unspecified atom stereocenters. The Morgan fingerprint density at radius 1 is 1.16 bits per heavy atom. The Kier molecular flexibility index (Phi) is 5.15. The predicted octanol–water partition coefficient (Wildman–Crippen LogP) is -0.948. The van der Waals surface area contributed by atoms with Gasteiger partial charge in [-0.25, -0.2) is 0 Å². The maximum Gasteiger partial charge on any atom is 0.234 e. The number of likely N-dealkylation sites (tertiary alicyclic amines) is 1. The van der Waals surface area contributed by atoms with Crippen molar-refractivity contribution in [1.29, 1.82) is 0 Å². The summed E-state index contributed by atoms with van der Waals surface area (Å²) < 4.78 is 0. The molecule has 2 aliphatic rings. The van der Waals surface area contributed by atoms with E-state index in [2.05, 4.69) is 10.6 Å². The van der Waals surface area contributed by atoms with Crippen LogP contribution < -0.4 is 16.4 Å². The number of hydrogen-bond acceptors (Lipinski definition) is 4. The minimum Gasteiger partial charge on any atom is -0.369 e. The van der Waals surface area contributed by atoms with Crippen LogP contribution in [0.4, 0.5) is 0 Å². The van der Waals surface area contributed by atoms with E-state index in [0.29, 0.717) is 13.1 Å². The van der Waals surface area contributed by atoms with Crippen LogP contribution in [0.1, 0.15) is 25.7 Å². The Morgan fingerprint density at radius 2 is 1.84 bits per heavy atom. The summed E-state index contributed by atoms with van der Waals surface area (Å²) in [4.78, 5) is 24.6. The minimum absolute atomic E-state index is 0.0778. The summed E-state index contributed by atoms with van der Waals surface area (Å²) >= 11 is 0. The Hall–Kier alpha value is -1.14.